The van der Waals surface area contributed by atoms with Crippen LogP contribution in [0.3, 0.4) is 0 Å². The standard InChI is InChI=1S/C16H30N4S.HI/c1-5-20(6-2)10-9-18-16(17-4)19-13-14(3)12-15-8-7-11-21-15;/h7-8,11,14H,5-6,9-10,12-13H2,1-4H3,(H2,17,18,19);1H. The Kier molecular flexibility index (Phi) is 12.9. The van der Waals surface area contributed by atoms with Crippen LogP contribution in [-0.4, -0.2) is 50.6 Å². The van der Waals surface area contributed by atoms with Crippen LogP contribution in [0.5, 0.6) is 0 Å². The Balaban J connectivity index is 0.00000441. The van der Waals surface area contributed by atoms with Crippen molar-refractivity contribution in [1.82, 2.24) is 15.5 Å². The van der Waals surface area contributed by atoms with E-state index in [0.29, 0.717) is 5.92 Å². The molecule has 22 heavy (non-hydrogen) atoms. The van der Waals surface area contributed by atoms with Crippen LogP contribution in [0, 0.1) is 5.92 Å². The zero-order chi connectivity index (χ0) is 15.5. The Morgan fingerprint density at radius 3 is 2.59 bits per heavy atom. The molecular weight excluding hydrogens is 407 g/mol. The van der Waals surface area contributed by atoms with Crippen molar-refractivity contribution in [2.24, 2.45) is 10.9 Å². The highest BCUT2D eigenvalue weighted by Crippen LogP contribution is 2.13. The van der Waals surface area contributed by atoms with Gasteiger partial charge in [-0.2, -0.15) is 0 Å². The lowest BCUT2D eigenvalue weighted by Gasteiger charge is -2.20. The highest BCUT2D eigenvalue weighted by atomic mass is 127. The summed E-state index contributed by atoms with van der Waals surface area (Å²) >= 11 is 1.83. The van der Waals surface area contributed by atoms with Crippen LogP contribution in [0.2, 0.25) is 0 Å². The monoisotopic (exact) mass is 438 g/mol. The lowest BCUT2D eigenvalue weighted by Crippen LogP contribution is -2.43. The average molecular weight is 438 g/mol. The summed E-state index contributed by atoms with van der Waals surface area (Å²) in [5.41, 5.74) is 0. The summed E-state index contributed by atoms with van der Waals surface area (Å²) in [6.45, 7) is 11.8. The van der Waals surface area contributed by atoms with Gasteiger partial charge < -0.3 is 15.5 Å². The maximum absolute atomic E-state index is 4.28. The van der Waals surface area contributed by atoms with Crippen LogP contribution in [-0.2, 0) is 6.42 Å². The molecule has 2 N–H and O–H groups in total. The van der Waals surface area contributed by atoms with Gasteiger partial charge in [0.05, 0.1) is 0 Å². The molecule has 1 rings (SSSR count). The largest absolute Gasteiger partial charge is 0.356 e. The molecule has 0 amide bonds. The molecule has 6 heteroatoms. The van der Waals surface area contributed by atoms with Crippen molar-refractivity contribution in [3.63, 3.8) is 0 Å². The number of thiophene rings is 1. The molecule has 128 valence electrons. The van der Waals surface area contributed by atoms with E-state index >= 15 is 0 Å². The molecule has 0 aliphatic carbocycles. The third kappa shape index (κ3) is 8.95. The highest BCUT2D eigenvalue weighted by Gasteiger charge is 2.06. The number of halogens is 1. The summed E-state index contributed by atoms with van der Waals surface area (Å²) in [7, 11) is 1.83. The van der Waals surface area contributed by atoms with Crippen molar-refractivity contribution in [2.45, 2.75) is 27.2 Å². The summed E-state index contributed by atoms with van der Waals surface area (Å²) in [6, 6.07) is 4.33. The third-order valence-corrected chi connectivity index (χ3v) is 4.48. The van der Waals surface area contributed by atoms with Gasteiger partial charge in [-0.3, -0.25) is 4.99 Å². The average Bonchev–Trinajstić information content (AvgIpc) is 2.99. The van der Waals surface area contributed by atoms with Gasteiger partial charge in [-0.1, -0.05) is 26.8 Å². The van der Waals surface area contributed by atoms with E-state index in [0.717, 1.165) is 45.1 Å². The topological polar surface area (TPSA) is 39.7 Å². The number of nitrogens with one attached hydrogen (secondary N) is 2. The molecule has 0 aromatic carbocycles. The van der Waals surface area contributed by atoms with Crippen molar-refractivity contribution < 1.29 is 0 Å². The van der Waals surface area contributed by atoms with Gasteiger partial charge in [0.2, 0.25) is 0 Å². The lowest BCUT2D eigenvalue weighted by molar-refractivity contribution is 0.308. The van der Waals surface area contributed by atoms with E-state index in [9.17, 15) is 0 Å². The van der Waals surface area contributed by atoms with E-state index in [1.54, 1.807) is 0 Å². The Morgan fingerprint density at radius 1 is 1.32 bits per heavy atom. The molecular formula is C16H31IN4S. The van der Waals surface area contributed by atoms with Crippen LogP contribution in [0.25, 0.3) is 0 Å². The van der Waals surface area contributed by atoms with E-state index in [-0.39, 0.29) is 24.0 Å². The van der Waals surface area contributed by atoms with Crippen molar-refractivity contribution in [3.05, 3.63) is 22.4 Å². The first-order valence-electron chi connectivity index (χ1n) is 7.88. The fourth-order valence-corrected chi connectivity index (χ4v) is 3.08. The summed E-state index contributed by atoms with van der Waals surface area (Å²) in [5, 5.41) is 8.94. The van der Waals surface area contributed by atoms with Gasteiger partial charge in [0.1, 0.15) is 0 Å². The number of hydrogen-bond acceptors (Lipinski definition) is 3. The van der Waals surface area contributed by atoms with Crippen LogP contribution in [0.1, 0.15) is 25.6 Å². The molecule has 0 saturated carbocycles. The van der Waals surface area contributed by atoms with Gasteiger partial charge in [0, 0.05) is 31.6 Å². The molecule has 0 spiro atoms. The summed E-state index contributed by atoms with van der Waals surface area (Å²) in [4.78, 5) is 8.14. The number of aliphatic imine (C=N–C) groups is 1. The van der Waals surface area contributed by atoms with Crippen LogP contribution in [0.15, 0.2) is 22.5 Å². The molecule has 1 aromatic rings. The maximum Gasteiger partial charge on any atom is 0.191 e. The van der Waals surface area contributed by atoms with E-state index in [1.165, 1.54) is 4.88 Å². The summed E-state index contributed by atoms with van der Waals surface area (Å²) in [6.07, 6.45) is 1.13. The minimum Gasteiger partial charge on any atom is -0.356 e. The first-order valence-corrected chi connectivity index (χ1v) is 8.76. The molecule has 1 atom stereocenters. The number of guanidine groups is 1. The minimum atomic E-state index is 0. The van der Waals surface area contributed by atoms with Gasteiger partial charge in [-0.25, -0.2) is 0 Å². The summed E-state index contributed by atoms with van der Waals surface area (Å²) < 4.78 is 0. The van der Waals surface area contributed by atoms with Crippen molar-refractivity contribution >= 4 is 41.3 Å². The van der Waals surface area contributed by atoms with Crippen LogP contribution in [0.4, 0.5) is 0 Å². The Bertz CT molecular complexity index is 391. The molecule has 1 heterocycles. The minimum absolute atomic E-state index is 0. The molecule has 0 aliphatic rings. The van der Waals surface area contributed by atoms with Gasteiger partial charge in [-0.05, 0) is 36.9 Å². The SMILES string of the molecule is CCN(CC)CCNC(=NC)NCC(C)Cc1cccs1.I. The number of hydrogen-bond donors (Lipinski definition) is 2. The normalized spacial score (nSPS) is 12.9. The second-order valence-corrected chi connectivity index (χ2v) is 6.33. The van der Waals surface area contributed by atoms with E-state index < -0.39 is 0 Å². The van der Waals surface area contributed by atoms with Crippen LogP contribution >= 0.6 is 35.3 Å². The molecule has 0 aliphatic heterocycles. The molecule has 1 unspecified atom stereocenters. The molecule has 0 radical (unpaired) electrons. The molecule has 0 fully saturated rings. The smallest absolute Gasteiger partial charge is 0.191 e. The number of rotatable bonds is 9. The third-order valence-electron chi connectivity index (χ3n) is 3.59. The van der Waals surface area contributed by atoms with Crippen molar-refractivity contribution in [2.75, 3.05) is 39.8 Å². The lowest BCUT2D eigenvalue weighted by atomic mass is 10.1. The first-order chi connectivity index (χ1) is 10.2. The second-order valence-electron chi connectivity index (χ2n) is 5.30. The zero-order valence-electron chi connectivity index (χ0n) is 14.3. The zero-order valence-corrected chi connectivity index (χ0v) is 17.4. The quantitative estimate of drug-likeness (QED) is 0.354. The van der Waals surface area contributed by atoms with Crippen molar-refractivity contribution in [1.29, 1.82) is 0 Å². The van der Waals surface area contributed by atoms with Gasteiger partial charge in [-0.15, -0.1) is 35.3 Å². The Morgan fingerprint density at radius 2 is 2.05 bits per heavy atom. The predicted molar refractivity (Wildman–Crippen MR) is 110 cm³/mol. The van der Waals surface area contributed by atoms with Gasteiger partial charge in [0.25, 0.3) is 0 Å². The molecule has 0 bridgehead atoms. The Hall–Kier alpha value is -0.340. The fraction of sp³-hybridized carbons (Fsp3) is 0.688. The second kappa shape index (κ2) is 13.1. The highest BCUT2D eigenvalue weighted by molar-refractivity contribution is 14.0. The fourth-order valence-electron chi connectivity index (χ4n) is 2.21. The molecule has 0 saturated heterocycles. The predicted octanol–water partition coefficient (Wildman–Crippen LogP) is 3.05. The summed E-state index contributed by atoms with van der Waals surface area (Å²) in [5.74, 6) is 1.50. The van der Waals surface area contributed by atoms with Gasteiger partial charge >= 0.3 is 0 Å². The van der Waals surface area contributed by atoms with Crippen molar-refractivity contribution in [3.8, 4) is 0 Å². The Labute approximate surface area is 156 Å². The van der Waals surface area contributed by atoms with Gasteiger partial charge in [0.15, 0.2) is 5.96 Å². The number of nitrogens with zero attached hydrogens (tertiary/aromatic N) is 2. The van der Waals surface area contributed by atoms with E-state index in [1.807, 2.05) is 18.4 Å². The van der Waals surface area contributed by atoms with E-state index in [2.05, 4.69) is 58.8 Å². The number of likely N-dealkylation sites (N-methyl/N-ethyl adjacent to an activating group) is 1. The maximum atomic E-state index is 4.28. The first kappa shape index (κ1) is 21.7. The van der Waals surface area contributed by atoms with E-state index in [4.69, 9.17) is 0 Å². The molecule has 4 nitrogen and oxygen atoms in total. The molecule has 1 aromatic heterocycles. The van der Waals surface area contributed by atoms with Crippen LogP contribution < -0.4 is 10.6 Å².